The lowest BCUT2D eigenvalue weighted by Gasteiger charge is -2.08. The van der Waals surface area contributed by atoms with Crippen LogP contribution in [0.25, 0.3) is 11.4 Å². The number of nitrogens with zero attached hydrogens (tertiary/aromatic N) is 5. The second kappa shape index (κ2) is 5.47. The molecule has 0 aliphatic heterocycles. The van der Waals surface area contributed by atoms with Crippen molar-refractivity contribution >= 4 is 5.91 Å². The molecular formula is C12H15N5O2. The number of methoxy groups -OCH3 is 1. The summed E-state index contributed by atoms with van der Waals surface area (Å²) in [5, 5.41) is 12.0. The Morgan fingerprint density at radius 1 is 1.42 bits per heavy atom. The molecule has 19 heavy (non-hydrogen) atoms. The van der Waals surface area contributed by atoms with E-state index in [1.54, 1.807) is 21.2 Å². The summed E-state index contributed by atoms with van der Waals surface area (Å²) < 4.78 is 5.14. The van der Waals surface area contributed by atoms with E-state index in [1.165, 1.54) is 9.70 Å². The number of likely N-dealkylation sites (N-methyl/N-ethyl adjacent to an activating group) is 1. The summed E-state index contributed by atoms with van der Waals surface area (Å²) in [6.45, 7) is 0.0734. The Balaban J connectivity index is 2.18. The molecule has 0 radical (unpaired) electrons. The molecule has 0 N–H and O–H groups in total. The molecule has 2 aromatic rings. The fourth-order valence-electron chi connectivity index (χ4n) is 1.45. The molecule has 7 nitrogen and oxygen atoms in total. The van der Waals surface area contributed by atoms with E-state index in [4.69, 9.17) is 4.74 Å². The first-order valence-electron chi connectivity index (χ1n) is 5.72. The first-order valence-corrected chi connectivity index (χ1v) is 5.72. The quantitative estimate of drug-likeness (QED) is 0.798. The van der Waals surface area contributed by atoms with Crippen molar-refractivity contribution in [3.05, 3.63) is 24.3 Å². The van der Waals surface area contributed by atoms with E-state index in [2.05, 4.69) is 15.4 Å². The average molecular weight is 261 g/mol. The van der Waals surface area contributed by atoms with Gasteiger partial charge in [0.15, 0.2) is 0 Å². The van der Waals surface area contributed by atoms with E-state index < -0.39 is 0 Å². The number of tetrazole rings is 1. The Bertz CT molecular complexity index is 579. The third-order valence-corrected chi connectivity index (χ3v) is 2.56. The van der Waals surface area contributed by atoms with Gasteiger partial charge in [0.1, 0.15) is 12.3 Å². The molecule has 1 aromatic carbocycles. The van der Waals surface area contributed by atoms with E-state index in [1.807, 2.05) is 24.3 Å². The van der Waals surface area contributed by atoms with Crippen LogP contribution in [0, 0.1) is 0 Å². The second-order valence-corrected chi connectivity index (χ2v) is 4.16. The molecular weight excluding hydrogens is 246 g/mol. The molecule has 7 heteroatoms. The number of rotatable bonds is 4. The van der Waals surface area contributed by atoms with Crippen molar-refractivity contribution < 1.29 is 9.53 Å². The fraction of sp³-hybridized carbons (Fsp3) is 0.333. The highest BCUT2D eigenvalue weighted by atomic mass is 16.5. The molecule has 0 spiro atoms. The van der Waals surface area contributed by atoms with Crippen molar-refractivity contribution in [2.75, 3.05) is 21.2 Å². The van der Waals surface area contributed by atoms with Crippen molar-refractivity contribution in [2.24, 2.45) is 0 Å². The minimum Gasteiger partial charge on any atom is -0.497 e. The highest BCUT2D eigenvalue weighted by molar-refractivity contribution is 5.75. The van der Waals surface area contributed by atoms with Crippen LogP contribution in [0.1, 0.15) is 0 Å². The van der Waals surface area contributed by atoms with E-state index in [0.29, 0.717) is 5.82 Å². The Morgan fingerprint density at radius 2 is 2.21 bits per heavy atom. The van der Waals surface area contributed by atoms with E-state index in [-0.39, 0.29) is 12.5 Å². The maximum atomic E-state index is 11.5. The van der Waals surface area contributed by atoms with Crippen molar-refractivity contribution in [1.29, 1.82) is 0 Å². The number of carbonyl (C=O) groups is 1. The highest BCUT2D eigenvalue weighted by Crippen LogP contribution is 2.19. The van der Waals surface area contributed by atoms with Gasteiger partial charge in [-0.05, 0) is 17.3 Å². The molecule has 1 amide bonds. The summed E-state index contributed by atoms with van der Waals surface area (Å²) in [7, 11) is 4.96. The minimum absolute atomic E-state index is 0.0734. The number of hydrogen-bond donors (Lipinski definition) is 0. The molecule has 0 atom stereocenters. The zero-order valence-electron chi connectivity index (χ0n) is 11.1. The normalized spacial score (nSPS) is 10.3. The number of amides is 1. The zero-order chi connectivity index (χ0) is 13.8. The first kappa shape index (κ1) is 13.0. The maximum Gasteiger partial charge on any atom is 0.245 e. The number of carbonyl (C=O) groups excluding carboxylic acids is 1. The van der Waals surface area contributed by atoms with Gasteiger partial charge in [0.05, 0.1) is 7.11 Å². The molecule has 0 saturated heterocycles. The fourth-order valence-corrected chi connectivity index (χ4v) is 1.45. The van der Waals surface area contributed by atoms with Gasteiger partial charge < -0.3 is 9.64 Å². The van der Waals surface area contributed by atoms with Crippen molar-refractivity contribution in [2.45, 2.75) is 6.54 Å². The van der Waals surface area contributed by atoms with E-state index in [0.717, 1.165) is 11.3 Å². The smallest absolute Gasteiger partial charge is 0.245 e. The summed E-state index contributed by atoms with van der Waals surface area (Å²) in [5.41, 5.74) is 0.794. The lowest BCUT2D eigenvalue weighted by atomic mass is 10.2. The Labute approximate surface area is 110 Å². The predicted molar refractivity (Wildman–Crippen MR) is 68.5 cm³/mol. The van der Waals surface area contributed by atoms with E-state index >= 15 is 0 Å². The highest BCUT2D eigenvalue weighted by Gasteiger charge is 2.10. The number of aromatic nitrogens is 4. The van der Waals surface area contributed by atoms with Crippen molar-refractivity contribution in [3.8, 4) is 17.1 Å². The number of hydrogen-bond acceptors (Lipinski definition) is 5. The van der Waals surface area contributed by atoms with Crippen LogP contribution in [0.3, 0.4) is 0 Å². The van der Waals surface area contributed by atoms with Crippen LogP contribution in [0.15, 0.2) is 24.3 Å². The van der Waals surface area contributed by atoms with Crippen LogP contribution in [0.5, 0.6) is 5.75 Å². The van der Waals surface area contributed by atoms with Gasteiger partial charge in [-0.1, -0.05) is 12.1 Å². The van der Waals surface area contributed by atoms with E-state index in [9.17, 15) is 4.79 Å². The molecule has 0 unspecified atom stereocenters. The van der Waals surface area contributed by atoms with Crippen molar-refractivity contribution in [3.63, 3.8) is 0 Å². The summed E-state index contributed by atoms with van der Waals surface area (Å²) in [5.74, 6) is 1.10. The number of ether oxygens (including phenoxy) is 1. The van der Waals surface area contributed by atoms with Gasteiger partial charge in [-0.2, -0.15) is 4.80 Å². The molecule has 0 saturated carbocycles. The third kappa shape index (κ3) is 3.06. The second-order valence-electron chi connectivity index (χ2n) is 4.16. The Kier molecular flexibility index (Phi) is 3.74. The van der Waals surface area contributed by atoms with Gasteiger partial charge in [0, 0.05) is 19.7 Å². The lowest BCUT2D eigenvalue weighted by Crippen LogP contribution is -2.27. The molecule has 1 heterocycles. The molecule has 100 valence electrons. The van der Waals surface area contributed by atoms with Crippen LogP contribution in [0.4, 0.5) is 0 Å². The molecule has 2 rings (SSSR count). The van der Waals surface area contributed by atoms with Gasteiger partial charge in [0.2, 0.25) is 11.7 Å². The van der Waals surface area contributed by atoms with Crippen LogP contribution in [-0.2, 0) is 11.3 Å². The average Bonchev–Trinajstić information content (AvgIpc) is 2.87. The van der Waals surface area contributed by atoms with Gasteiger partial charge >= 0.3 is 0 Å². The molecule has 0 aliphatic rings. The summed E-state index contributed by atoms with van der Waals surface area (Å²) in [6, 6.07) is 7.36. The largest absolute Gasteiger partial charge is 0.497 e. The predicted octanol–water partition coefficient (Wildman–Crippen LogP) is 0.437. The van der Waals surface area contributed by atoms with Crippen LogP contribution < -0.4 is 4.74 Å². The van der Waals surface area contributed by atoms with Crippen LogP contribution >= 0.6 is 0 Å². The molecule has 1 aromatic heterocycles. The standard InChI is InChI=1S/C12H15N5O2/c1-16(2)11(18)8-17-14-12(13-15-17)9-5-4-6-10(7-9)19-3/h4-7H,8H2,1-3H3. The van der Waals surface area contributed by atoms with Gasteiger partial charge in [-0.25, -0.2) is 0 Å². The summed E-state index contributed by atoms with van der Waals surface area (Å²) in [4.78, 5) is 14.3. The zero-order valence-corrected chi connectivity index (χ0v) is 11.1. The lowest BCUT2D eigenvalue weighted by molar-refractivity contribution is -0.129. The first-order chi connectivity index (χ1) is 9.10. The summed E-state index contributed by atoms with van der Waals surface area (Å²) >= 11 is 0. The van der Waals surface area contributed by atoms with Crippen LogP contribution in [0.2, 0.25) is 0 Å². The Morgan fingerprint density at radius 3 is 2.89 bits per heavy atom. The maximum absolute atomic E-state index is 11.5. The molecule has 0 bridgehead atoms. The van der Waals surface area contributed by atoms with Crippen LogP contribution in [-0.4, -0.2) is 52.2 Å². The van der Waals surface area contributed by atoms with Gasteiger partial charge in [0.25, 0.3) is 0 Å². The Hall–Kier alpha value is -2.44. The van der Waals surface area contributed by atoms with Gasteiger partial charge in [-0.15, -0.1) is 10.2 Å². The third-order valence-electron chi connectivity index (χ3n) is 2.56. The monoisotopic (exact) mass is 261 g/mol. The molecule has 0 aliphatic carbocycles. The number of benzene rings is 1. The molecule has 0 fully saturated rings. The topological polar surface area (TPSA) is 73.1 Å². The minimum atomic E-state index is -0.0883. The SMILES string of the molecule is COc1cccc(-c2nnn(CC(=O)N(C)C)n2)c1. The summed E-state index contributed by atoms with van der Waals surface area (Å²) in [6.07, 6.45) is 0. The van der Waals surface area contributed by atoms with Crippen molar-refractivity contribution in [1.82, 2.24) is 25.1 Å². The van der Waals surface area contributed by atoms with Gasteiger partial charge in [-0.3, -0.25) is 4.79 Å².